The number of aromatic nitrogens is 1. The van der Waals surface area contributed by atoms with Crippen molar-refractivity contribution < 1.29 is 0 Å². The molecule has 1 aliphatic rings. The third-order valence-electron chi connectivity index (χ3n) is 3.90. The smallest absolute Gasteiger partial charge is 0.194 e. The van der Waals surface area contributed by atoms with Gasteiger partial charge >= 0.3 is 0 Å². The minimum absolute atomic E-state index is 0. The van der Waals surface area contributed by atoms with Crippen LogP contribution in [0.2, 0.25) is 5.02 Å². The van der Waals surface area contributed by atoms with Crippen LogP contribution in [0.1, 0.15) is 38.3 Å². The summed E-state index contributed by atoms with van der Waals surface area (Å²) in [6, 6.07) is 2.01. The Kier molecular flexibility index (Phi) is 8.61. The molecule has 1 heterocycles. The van der Waals surface area contributed by atoms with Crippen LogP contribution in [0.3, 0.4) is 0 Å². The van der Waals surface area contributed by atoms with Crippen LogP contribution >= 0.6 is 35.6 Å². The first-order valence-electron chi connectivity index (χ1n) is 7.90. The fraction of sp³-hybridized carbons (Fsp3) is 0.688. The molecule has 1 aliphatic carbocycles. The average molecular weight is 439 g/mol. The van der Waals surface area contributed by atoms with E-state index < -0.39 is 0 Å². The molecule has 0 aliphatic heterocycles. The Bertz CT molecular complexity index is 482. The molecule has 22 heavy (non-hydrogen) atoms. The number of hydrogen-bond acceptors (Lipinski definition) is 1. The maximum Gasteiger partial charge on any atom is 0.194 e. The lowest BCUT2D eigenvalue weighted by Crippen LogP contribution is -2.38. The first-order chi connectivity index (χ1) is 10.1. The molecule has 0 bridgehead atoms. The lowest BCUT2D eigenvalue weighted by Gasteiger charge is -2.22. The number of nitrogens with zero attached hydrogens (tertiary/aromatic N) is 3. The molecule has 4 nitrogen and oxygen atoms in total. The zero-order chi connectivity index (χ0) is 15.2. The average Bonchev–Trinajstić information content (AvgIpc) is 3.20. The van der Waals surface area contributed by atoms with Crippen molar-refractivity contribution in [2.75, 3.05) is 20.1 Å². The van der Waals surface area contributed by atoms with Gasteiger partial charge in [-0.25, -0.2) is 0 Å². The normalized spacial score (nSPS) is 14.6. The van der Waals surface area contributed by atoms with Gasteiger partial charge in [-0.15, -0.1) is 24.0 Å². The number of rotatable bonds is 7. The van der Waals surface area contributed by atoms with Crippen molar-refractivity contribution in [1.29, 1.82) is 0 Å². The van der Waals surface area contributed by atoms with Crippen LogP contribution in [0.25, 0.3) is 0 Å². The molecule has 1 aromatic heterocycles. The Hall–Kier alpha value is -0.430. The summed E-state index contributed by atoms with van der Waals surface area (Å²) in [4.78, 5) is 6.89. The molecule has 0 atom stereocenters. The zero-order valence-electron chi connectivity index (χ0n) is 13.8. The van der Waals surface area contributed by atoms with E-state index in [1.807, 2.05) is 19.3 Å². The molecule has 6 heteroatoms. The first kappa shape index (κ1) is 19.6. The third kappa shape index (κ3) is 6.36. The Morgan fingerprint density at radius 3 is 2.77 bits per heavy atom. The lowest BCUT2D eigenvalue weighted by atomic mass is 10.2. The summed E-state index contributed by atoms with van der Waals surface area (Å²) in [5.41, 5.74) is 1.19. The molecule has 0 radical (unpaired) electrons. The van der Waals surface area contributed by atoms with Crippen molar-refractivity contribution >= 4 is 41.5 Å². The molecule has 1 fully saturated rings. The van der Waals surface area contributed by atoms with Crippen LogP contribution in [0.5, 0.6) is 0 Å². The molecular formula is C16H28ClIN4. The second-order valence-electron chi connectivity index (χ2n) is 5.94. The number of aryl methyl sites for hydroxylation is 1. The molecule has 0 amide bonds. The molecule has 1 saturated carbocycles. The SMILES string of the molecule is CCNC(=NCCCC1CC1)N(C)Cc1cc(Cl)cn1C.I. The van der Waals surface area contributed by atoms with E-state index in [1.54, 1.807) is 0 Å². The highest BCUT2D eigenvalue weighted by atomic mass is 127. The monoisotopic (exact) mass is 438 g/mol. The number of aliphatic imine (C=N–C) groups is 1. The molecule has 0 unspecified atom stereocenters. The van der Waals surface area contributed by atoms with E-state index in [0.717, 1.165) is 36.5 Å². The summed E-state index contributed by atoms with van der Waals surface area (Å²) in [7, 11) is 4.10. The maximum absolute atomic E-state index is 6.04. The molecular weight excluding hydrogens is 411 g/mol. The Morgan fingerprint density at radius 1 is 1.50 bits per heavy atom. The Balaban J connectivity index is 0.00000242. The van der Waals surface area contributed by atoms with Gasteiger partial charge in [0.25, 0.3) is 0 Å². The highest BCUT2D eigenvalue weighted by Gasteiger charge is 2.20. The highest BCUT2D eigenvalue weighted by molar-refractivity contribution is 14.0. The zero-order valence-corrected chi connectivity index (χ0v) is 16.9. The van der Waals surface area contributed by atoms with Crippen molar-refractivity contribution in [3.63, 3.8) is 0 Å². The van der Waals surface area contributed by atoms with E-state index >= 15 is 0 Å². The summed E-state index contributed by atoms with van der Waals surface area (Å²) in [6.07, 6.45) is 7.32. The minimum Gasteiger partial charge on any atom is -0.357 e. The molecule has 1 N–H and O–H groups in total. The molecule has 0 saturated heterocycles. The van der Waals surface area contributed by atoms with Crippen molar-refractivity contribution in [3.8, 4) is 0 Å². The van der Waals surface area contributed by atoms with Gasteiger partial charge in [0, 0.05) is 39.1 Å². The fourth-order valence-corrected chi connectivity index (χ4v) is 2.75. The van der Waals surface area contributed by atoms with Gasteiger partial charge in [-0.1, -0.05) is 24.4 Å². The number of hydrogen-bond donors (Lipinski definition) is 1. The topological polar surface area (TPSA) is 32.6 Å². The van der Waals surface area contributed by atoms with Gasteiger partial charge in [0.2, 0.25) is 0 Å². The predicted octanol–water partition coefficient (Wildman–Crippen LogP) is 3.88. The maximum atomic E-state index is 6.04. The van der Waals surface area contributed by atoms with Gasteiger partial charge in [0.15, 0.2) is 5.96 Å². The van der Waals surface area contributed by atoms with Gasteiger partial charge in [0.1, 0.15) is 0 Å². The largest absolute Gasteiger partial charge is 0.357 e. The van der Waals surface area contributed by atoms with Crippen LogP contribution in [0, 0.1) is 5.92 Å². The van der Waals surface area contributed by atoms with Gasteiger partial charge in [-0.05, 0) is 31.7 Å². The van der Waals surface area contributed by atoms with Crippen molar-refractivity contribution in [3.05, 3.63) is 23.0 Å². The summed E-state index contributed by atoms with van der Waals surface area (Å²) in [5.74, 6) is 1.97. The molecule has 0 spiro atoms. The van der Waals surface area contributed by atoms with E-state index in [1.165, 1.54) is 31.4 Å². The van der Waals surface area contributed by atoms with E-state index in [2.05, 4.69) is 28.8 Å². The van der Waals surface area contributed by atoms with Gasteiger partial charge in [0.05, 0.1) is 11.6 Å². The second-order valence-corrected chi connectivity index (χ2v) is 6.37. The third-order valence-corrected chi connectivity index (χ3v) is 4.11. The first-order valence-corrected chi connectivity index (χ1v) is 8.28. The van der Waals surface area contributed by atoms with Gasteiger partial charge < -0.3 is 14.8 Å². The Labute approximate surface area is 156 Å². The predicted molar refractivity (Wildman–Crippen MR) is 105 cm³/mol. The summed E-state index contributed by atoms with van der Waals surface area (Å²) in [5, 5.41) is 4.15. The van der Waals surface area contributed by atoms with Gasteiger partial charge in [-0.2, -0.15) is 0 Å². The number of halogens is 2. The number of nitrogens with one attached hydrogen (secondary N) is 1. The summed E-state index contributed by atoms with van der Waals surface area (Å²) in [6.45, 7) is 4.71. The van der Waals surface area contributed by atoms with Crippen LogP contribution < -0.4 is 5.32 Å². The van der Waals surface area contributed by atoms with Crippen molar-refractivity contribution in [2.45, 2.75) is 39.2 Å². The molecule has 0 aromatic carbocycles. The Morgan fingerprint density at radius 2 is 2.23 bits per heavy atom. The highest BCUT2D eigenvalue weighted by Crippen LogP contribution is 2.33. The van der Waals surface area contributed by atoms with Crippen molar-refractivity contribution in [2.24, 2.45) is 18.0 Å². The number of guanidine groups is 1. The van der Waals surface area contributed by atoms with E-state index in [0.29, 0.717) is 0 Å². The lowest BCUT2D eigenvalue weighted by molar-refractivity contribution is 0.461. The fourth-order valence-electron chi connectivity index (χ4n) is 2.48. The molecule has 126 valence electrons. The molecule has 1 aromatic rings. The quantitative estimate of drug-likeness (QED) is 0.303. The molecule has 2 rings (SSSR count). The standard InChI is InChI=1S/C16H27ClN4.HI/c1-4-18-16(19-9-5-6-13-7-8-13)21(3)12-15-10-14(17)11-20(15)2;/h10-11,13H,4-9,12H2,1-3H3,(H,18,19);1H. The van der Waals surface area contributed by atoms with Crippen LogP contribution in [-0.2, 0) is 13.6 Å². The summed E-state index contributed by atoms with van der Waals surface area (Å²) >= 11 is 6.04. The van der Waals surface area contributed by atoms with E-state index in [-0.39, 0.29) is 24.0 Å². The van der Waals surface area contributed by atoms with E-state index in [4.69, 9.17) is 16.6 Å². The van der Waals surface area contributed by atoms with E-state index in [9.17, 15) is 0 Å². The van der Waals surface area contributed by atoms with Gasteiger partial charge in [-0.3, -0.25) is 4.99 Å². The van der Waals surface area contributed by atoms with Crippen LogP contribution in [0.15, 0.2) is 17.3 Å². The van der Waals surface area contributed by atoms with Crippen LogP contribution in [0.4, 0.5) is 0 Å². The minimum atomic E-state index is 0. The van der Waals surface area contributed by atoms with Crippen molar-refractivity contribution in [1.82, 2.24) is 14.8 Å². The van der Waals surface area contributed by atoms with Crippen LogP contribution in [-0.4, -0.2) is 35.6 Å². The summed E-state index contributed by atoms with van der Waals surface area (Å²) < 4.78 is 2.06. The second kappa shape index (κ2) is 9.65.